The van der Waals surface area contributed by atoms with Gasteiger partial charge in [0.05, 0.1) is 11.8 Å². The minimum absolute atomic E-state index is 0.0201. The molecule has 2 atom stereocenters. The van der Waals surface area contributed by atoms with Crippen LogP contribution in [0.2, 0.25) is 10.0 Å². The van der Waals surface area contributed by atoms with Gasteiger partial charge in [0.2, 0.25) is 11.8 Å². The van der Waals surface area contributed by atoms with Gasteiger partial charge in [0.25, 0.3) is 0 Å². The van der Waals surface area contributed by atoms with Crippen LogP contribution in [0.3, 0.4) is 0 Å². The lowest BCUT2D eigenvalue weighted by Gasteiger charge is -2.38. The van der Waals surface area contributed by atoms with Gasteiger partial charge in [-0.1, -0.05) is 36.2 Å². The topological polar surface area (TPSA) is 72.9 Å². The number of likely N-dealkylation sites (tertiary alicyclic amines) is 2. The molecule has 4 rings (SSSR count). The molecule has 37 heavy (non-hydrogen) atoms. The molecular formula is C27H37Cl2F2N3O3. The van der Waals surface area contributed by atoms with Crippen LogP contribution in [-0.2, 0) is 16.1 Å². The molecule has 0 spiro atoms. The normalized spacial score (nSPS) is 27.9. The van der Waals surface area contributed by atoms with Crippen LogP contribution in [0, 0.1) is 17.3 Å². The lowest BCUT2D eigenvalue weighted by atomic mass is 9.75. The number of amides is 1. The summed E-state index contributed by atoms with van der Waals surface area (Å²) in [5, 5.41) is 14.0. The number of carboxylic acids is 1. The second-order valence-corrected chi connectivity index (χ2v) is 12.2. The number of carbonyl (C=O) groups is 2. The molecule has 6 nitrogen and oxygen atoms in total. The van der Waals surface area contributed by atoms with Crippen molar-refractivity contribution in [2.24, 2.45) is 17.3 Å². The van der Waals surface area contributed by atoms with Gasteiger partial charge in [-0.25, -0.2) is 8.78 Å². The molecule has 1 aliphatic carbocycles. The largest absolute Gasteiger partial charge is 0.481 e. The summed E-state index contributed by atoms with van der Waals surface area (Å²) in [6, 6.07) is 5.30. The first-order chi connectivity index (χ1) is 17.5. The van der Waals surface area contributed by atoms with E-state index in [2.05, 4.69) is 15.1 Å². The smallest absolute Gasteiger partial charge is 0.304 e. The van der Waals surface area contributed by atoms with Crippen molar-refractivity contribution in [2.75, 3.05) is 32.7 Å². The molecule has 10 heteroatoms. The Morgan fingerprint density at radius 3 is 2.30 bits per heavy atom. The number of benzene rings is 1. The number of halogens is 4. The Bertz CT molecular complexity index is 959. The Kier molecular flexibility index (Phi) is 9.04. The van der Waals surface area contributed by atoms with Crippen LogP contribution < -0.4 is 5.32 Å². The summed E-state index contributed by atoms with van der Waals surface area (Å²) in [6.07, 6.45) is 2.39. The Balaban J connectivity index is 1.34. The standard InChI is InChI=1S/C27H37Cl2F2N3O3/c1-18-14-34(16-21-22(28)3-2-4-23(21)29)17-26(18,13-24(35)36)25(37)32-20-7-11-33(12-8-20)15-19-5-9-27(30,31)10-6-19/h2-4,18-20H,5-17H2,1H3,(H,32,37)(H,35,36)/t18-,26+/m0/s1. The summed E-state index contributed by atoms with van der Waals surface area (Å²) in [4.78, 5) is 29.9. The van der Waals surface area contributed by atoms with Gasteiger partial charge < -0.3 is 15.3 Å². The molecule has 0 radical (unpaired) electrons. The van der Waals surface area contributed by atoms with E-state index in [0.717, 1.165) is 38.0 Å². The number of nitrogens with one attached hydrogen (secondary N) is 1. The maximum Gasteiger partial charge on any atom is 0.304 e. The zero-order valence-corrected chi connectivity index (χ0v) is 22.8. The van der Waals surface area contributed by atoms with E-state index in [1.165, 1.54) is 0 Å². The average molecular weight is 561 g/mol. The minimum Gasteiger partial charge on any atom is -0.481 e. The number of aliphatic carboxylic acids is 1. The van der Waals surface area contributed by atoms with E-state index in [4.69, 9.17) is 23.2 Å². The first-order valence-electron chi connectivity index (χ1n) is 13.3. The summed E-state index contributed by atoms with van der Waals surface area (Å²) < 4.78 is 26.9. The predicted molar refractivity (Wildman–Crippen MR) is 140 cm³/mol. The van der Waals surface area contributed by atoms with E-state index in [0.29, 0.717) is 48.4 Å². The molecule has 3 fully saturated rings. The van der Waals surface area contributed by atoms with Gasteiger partial charge in [-0.2, -0.15) is 0 Å². The number of nitrogens with zero attached hydrogens (tertiary/aromatic N) is 2. The van der Waals surface area contributed by atoms with Crippen LogP contribution in [0.15, 0.2) is 18.2 Å². The van der Waals surface area contributed by atoms with Gasteiger partial charge in [0.1, 0.15) is 0 Å². The Labute approximate surface area is 227 Å². The molecule has 0 aromatic heterocycles. The molecule has 1 amide bonds. The highest BCUT2D eigenvalue weighted by Gasteiger charge is 2.51. The van der Waals surface area contributed by atoms with E-state index in [1.54, 1.807) is 18.2 Å². The summed E-state index contributed by atoms with van der Waals surface area (Å²) in [7, 11) is 0. The summed E-state index contributed by atoms with van der Waals surface area (Å²) >= 11 is 12.7. The fraction of sp³-hybridized carbons (Fsp3) is 0.704. The molecule has 1 aromatic carbocycles. The first kappa shape index (κ1) is 28.5. The zero-order chi connectivity index (χ0) is 26.8. The second kappa shape index (κ2) is 11.7. The highest BCUT2D eigenvalue weighted by atomic mass is 35.5. The molecule has 0 unspecified atom stereocenters. The zero-order valence-electron chi connectivity index (χ0n) is 21.3. The number of carboxylic acid groups (broad SMARTS) is 1. The molecule has 206 valence electrons. The molecule has 2 N–H and O–H groups in total. The third-order valence-electron chi connectivity index (χ3n) is 8.62. The highest BCUT2D eigenvalue weighted by Crippen LogP contribution is 2.41. The third-order valence-corrected chi connectivity index (χ3v) is 9.33. The maximum absolute atomic E-state index is 13.6. The quantitative estimate of drug-likeness (QED) is 0.451. The van der Waals surface area contributed by atoms with Crippen molar-refractivity contribution in [3.05, 3.63) is 33.8 Å². The summed E-state index contributed by atoms with van der Waals surface area (Å²) in [5.74, 6) is -3.56. The first-order valence-corrected chi connectivity index (χ1v) is 14.0. The van der Waals surface area contributed by atoms with Crippen LogP contribution in [-0.4, -0.2) is 71.5 Å². The maximum atomic E-state index is 13.6. The summed E-state index contributed by atoms with van der Waals surface area (Å²) in [6.45, 7) is 5.71. The Morgan fingerprint density at radius 2 is 1.70 bits per heavy atom. The Hall–Kier alpha value is -1.48. The van der Waals surface area contributed by atoms with Gasteiger partial charge in [0, 0.05) is 73.8 Å². The van der Waals surface area contributed by atoms with Gasteiger partial charge in [-0.15, -0.1) is 0 Å². The van der Waals surface area contributed by atoms with Crippen LogP contribution in [0.25, 0.3) is 0 Å². The molecule has 2 heterocycles. The van der Waals surface area contributed by atoms with Crippen molar-refractivity contribution in [3.63, 3.8) is 0 Å². The van der Waals surface area contributed by atoms with Crippen molar-refractivity contribution in [1.82, 2.24) is 15.1 Å². The molecule has 0 bridgehead atoms. The molecule has 2 saturated heterocycles. The van der Waals surface area contributed by atoms with Crippen LogP contribution in [0.4, 0.5) is 8.78 Å². The van der Waals surface area contributed by atoms with E-state index >= 15 is 0 Å². The monoisotopic (exact) mass is 559 g/mol. The third kappa shape index (κ3) is 6.94. The second-order valence-electron chi connectivity index (χ2n) is 11.3. The van der Waals surface area contributed by atoms with E-state index in [1.807, 2.05) is 6.92 Å². The van der Waals surface area contributed by atoms with Crippen LogP contribution >= 0.6 is 23.2 Å². The van der Waals surface area contributed by atoms with Crippen molar-refractivity contribution in [1.29, 1.82) is 0 Å². The summed E-state index contributed by atoms with van der Waals surface area (Å²) in [5.41, 5.74) is -0.261. The fourth-order valence-electron chi connectivity index (χ4n) is 6.32. The van der Waals surface area contributed by atoms with Gasteiger partial charge in [-0.3, -0.25) is 14.5 Å². The number of alkyl halides is 2. The lowest BCUT2D eigenvalue weighted by Crippen LogP contribution is -2.53. The molecular weight excluding hydrogens is 523 g/mol. The predicted octanol–water partition coefficient (Wildman–Crippen LogP) is 5.31. The minimum atomic E-state index is -2.51. The number of piperidine rings is 1. The van der Waals surface area contributed by atoms with Crippen molar-refractivity contribution in [2.45, 2.75) is 70.4 Å². The van der Waals surface area contributed by atoms with Crippen molar-refractivity contribution < 1.29 is 23.5 Å². The SMILES string of the molecule is C[C@H]1CN(Cc2c(Cl)cccc2Cl)C[C@@]1(CC(=O)O)C(=O)NC1CCN(CC2CCC(F)(F)CC2)CC1. The molecule has 3 aliphatic rings. The molecule has 2 aliphatic heterocycles. The van der Waals surface area contributed by atoms with Crippen LogP contribution in [0.1, 0.15) is 57.4 Å². The van der Waals surface area contributed by atoms with Crippen molar-refractivity contribution >= 4 is 35.1 Å². The number of rotatable bonds is 8. The van der Waals surface area contributed by atoms with E-state index < -0.39 is 17.3 Å². The van der Waals surface area contributed by atoms with Gasteiger partial charge in [0.15, 0.2) is 0 Å². The molecule has 1 aromatic rings. The number of carbonyl (C=O) groups excluding carboxylic acids is 1. The lowest BCUT2D eigenvalue weighted by molar-refractivity contribution is -0.147. The van der Waals surface area contributed by atoms with Crippen LogP contribution in [0.5, 0.6) is 0 Å². The van der Waals surface area contributed by atoms with E-state index in [9.17, 15) is 23.5 Å². The van der Waals surface area contributed by atoms with Crippen molar-refractivity contribution in [3.8, 4) is 0 Å². The number of hydrogen-bond acceptors (Lipinski definition) is 4. The van der Waals surface area contributed by atoms with Gasteiger partial charge >= 0.3 is 5.97 Å². The van der Waals surface area contributed by atoms with Gasteiger partial charge in [-0.05, 0) is 49.7 Å². The fourth-order valence-corrected chi connectivity index (χ4v) is 6.84. The highest BCUT2D eigenvalue weighted by molar-refractivity contribution is 6.35. The average Bonchev–Trinajstić information content (AvgIpc) is 3.14. The molecule has 1 saturated carbocycles. The Morgan fingerprint density at radius 1 is 1.08 bits per heavy atom. The number of hydrogen-bond donors (Lipinski definition) is 2. The van der Waals surface area contributed by atoms with E-state index in [-0.39, 0.29) is 37.1 Å².